The summed E-state index contributed by atoms with van der Waals surface area (Å²) < 4.78 is 5.56. The number of likely N-dealkylation sites (N-methyl/N-ethyl adjacent to an activating group) is 1. The highest BCUT2D eigenvalue weighted by molar-refractivity contribution is 5.96. The summed E-state index contributed by atoms with van der Waals surface area (Å²) in [4.78, 5) is 17.4. The maximum Gasteiger partial charge on any atom is 0.255 e. The lowest BCUT2D eigenvalue weighted by atomic mass is 10.0. The number of rotatable bonds is 8. The van der Waals surface area contributed by atoms with Crippen molar-refractivity contribution in [1.29, 1.82) is 0 Å². The zero-order valence-corrected chi connectivity index (χ0v) is 16.9. The lowest BCUT2D eigenvalue weighted by Gasteiger charge is -2.40. The minimum absolute atomic E-state index is 0.0676. The first-order valence-electron chi connectivity index (χ1n) is 10.2. The minimum atomic E-state index is -0.0676. The van der Waals surface area contributed by atoms with Crippen LogP contribution in [0.5, 0.6) is 5.75 Å². The third-order valence-corrected chi connectivity index (χ3v) is 5.22. The predicted octanol–water partition coefficient (Wildman–Crippen LogP) is 3.19. The third kappa shape index (κ3) is 5.33. The van der Waals surface area contributed by atoms with Gasteiger partial charge < -0.3 is 15.0 Å². The van der Waals surface area contributed by atoms with E-state index < -0.39 is 0 Å². The van der Waals surface area contributed by atoms with Gasteiger partial charge in [-0.2, -0.15) is 0 Å². The van der Waals surface area contributed by atoms with Crippen LogP contribution in [0.25, 0.3) is 0 Å². The standard InChI is InChI=1S/C23H31N3O2/c1-3-28-22-13-8-7-12-20(22)23(27)24-14-9-15-26-17-16-25(2)18-21(26)19-10-5-4-6-11-19/h4-8,10-13,21H,3,9,14-18H2,1-2H3,(H,24,27)/t21-/m1/s1. The van der Waals surface area contributed by atoms with Gasteiger partial charge in [-0.05, 0) is 38.1 Å². The monoisotopic (exact) mass is 381 g/mol. The lowest BCUT2D eigenvalue weighted by Crippen LogP contribution is -2.47. The second kappa shape index (κ2) is 10.2. The molecule has 0 aliphatic carbocycles. The van der Waals surface area contributed by atoms with Gasteiger partial charge in [-0.15, -0.1) is 0 Å². The van der Waals surface area contributed by atoms with E-state index in [9.17, 15) is 4.79 Å². The molecule has 1 saturated heterocycles. The summed E-state index contributed by atoms with van der Waals surface area (Å²) in [5.41, 5.74) is 1.97. The highest BCUT2D eigenvalue weighted by Crippen LogP contribution is 2.24. The molecule has 0 radical (unpaired) electrons. The van der Waals surface area contributed by atoms with Crippen molar-refractivity contribution >= 4 is 5.91 Å². The fraction of sp³-hybridized carbons (Fsp3) is 0.435. The molecule has 2 aromatic rings. The van der Waals surface area contributed by atoms with E-state index >= 15 is 0 Å². The van der Waals surface area contributed by atoms with Gasteiger partial charge >= 0.3 is 0 Å². The van der Waals surface area contributed by atoms with E-state index in [1.807, 2.05) is 31.2 Å². The van der Waals surface area contributed by atoms with E-state index in [-0.39, 0.29) is 5.91 Å². The van der Waals surface area contributed by atoms with Gasteiger partial charge in [0.1, 0.15) is 5.75 Å². The average molecular weight is 382 g/mol. The summed E-state index contributed by atoms with van der Waals surface area (Å²) in [6, 6.07) is 18.5. The Kier molecular flexibility index (Phi) is 7.46. The SMILES string of the molecule is CCOc1ccccc1C(=O)NCCCN1CCN(C)C[C@@H]1c1ccccc1. The van der Waals surface area contributed by atoms with E-state index in [1.54, 1.807) is 0 Å². The number of benzene rings is 2. The van der Waals surface area contributed by atoms with Crippen LogP contribution in [0.3, 0.4) is 0 Å². The summed E-state index contributed by atoms with van der Waals surface area (Å²) in [5, 5.41) is 3.04. The number of hydrogen-bond acceptors (Lipinski definition) is 4. The minimum Gasteiger partial charge on any atom is -0.493 e. The molecule has 5 nitrogen and oxygen atoms in total. The number of nitrogens with one attached hydrogen (secondary N) is 1. The Morgan fingerprint density at radius 3 is 2.64 bits per heavy atom. The van der Waals surface area contributed by atoms with Crippen molar-refractivity contribution < 1.29 is 9.53 Å². The number of para-hydroxylation sites is 1. The largest absolute Gasteiger partial charge is 0.493 e. The molecule has 1 heterocycles. The number of hydrogen-bond donors (Lipinski definition) is 1. The average Bonchev–Trinajstić information content (AvgIpc) is 2.73. The van der Waals surface area contributed by atoms with Gasteiger partial charge in [0.15, 0.2) is 0 Å². The Bertz CT molecular complexity index is 751. The van der Waals surface area contributed by atoms with Crippen LogP contribution in [0.15, 0.2) is 54.6 Å². The van der Waals surface area contributed by atoms with E-state index in [2.05, 4.69) is 52.5 Å². The molecule has 0 bridgehead atoms. The molecule has 28 heavy (non-hydrogen) atoms. The Morgan fingerprint density at radius 2 is 1.86 bits per heavy atom. The number of amides is 1. The molecule has 1 fully saturated rings. The molecule has 0 saturated carbocycles. The van der Waals surface area contributed by atoms with Crippen molar-refractivity contribution in [3.63, 3.8) is 0 Å². The summed E-state index contributed by atoms with van der Waals surface area (Å²) in [6.07, 6.45) is 0.926. The second-order valence-corrected chi connectivity index (χ2v) is 7.26. The van der Waals surface area contributed by atoms with Gasteiger partial charge in [0.2, 0.25) is 0 Å². The van der Waals surface area contributed by atoms with Crippen LogP contribution in [0, 0.1) is 0 Å². The molecule has 3 rings (SSSR count). The van der Waals surface area contributed by atoms with E-state index in [0.717, 1.165) is 32.6 Å². The predicted molar refractivity (Wildman–Crippen MR) is 113 cm³/mol. The Morgan fingerprint density at radius 1 is 1.11 bits per heavy atom. The zero-order valence-electron chi connectivity index (χ0n) is 16.9. The van der Waals surface area contributed by atoms with E-state index in [0.29, 0.717) is 30.5 Å². The van der Waals surface area contributed by atoms with Gasteiger partial charge in [-0.1, -0.05) is 42.5 Å². The van der Waals surface area contributed by atoms with Gasteiger partial charge in [0.25, 0.3) is 5.91 Å². The molecule has 1 aliphatic heterocycles. The van der Waals surface area contributed by atoms with Crippen LogP contribution in [0.1, 0.15) is 35.3 Å². The van der Waals surface area contributed by atoms with Crippen molar-refractivity contribution in [2.24, 2.45) is 0 Å². The number of carbonyl (C=O) groups is 1. The third-order valence-electron chi connectivity index (χ3n) is 5.22. The second-order valence-electron chi connectivity index (χ2n) is 7.26. The molecule has 1 atom stereocenters. The Hall–Kier alpha value is -2.37. The number of ether oxygens (including phenoxy) is 1. The summed E-state index contributed by atoms with van der Waals surface area (Å²) >= 11 is 0. The van der Waals surface area contributed by atoms with E-state index in [4.69, 9.17) is 4.74 Å². The first kappa shape index (κ1) is 20.4. The molecular weight excluding hydrogens is 350 g/mol. The Balaban J connectivity index is 1.52. The fourth-order valence-electron chi connectivity index (χ4n) is 3.73. The number of carbonyl (C=O) groups excluding carboxylic acids is 1. The fourth-order valence-corrected chi connectivity index (χ4v) is 3.73. The van der Waals surface area contributed by atoms with Gasteiger partial charge in [-0.3, -0.25) is 9.69 Å². The normalized spacial score (nSPS) is 18.0. The molecule has 5 heteroatoms. The molecule has 1 amide bonds. The summed E-state index contributed by atoms with van der Waals surface area (Å²) in [6.45, 7) is 7.28. The van der Waals surface area contributed by atoms with Gasteiger partial charge in [0, 0.05) is 38.8 Å². The van der Waals surface area contributed by atoms with Crippen LogP contribution in [0.2, 0.25) is 0 Å². The smallest absolute Gasteiger partial charge is 0.255 e. The number of nitrogens with zero attached hydrogens (tertiary/aromatic N) is 2. The van der Waals surface area contributed by atoms with Crippen LogP contribution in [-0.4, -0.2) is 62.1 Å². The maximum atomic E-state index is 12.5. The van der Waals surface area contributed by atoms with Crippen molar-refractivity contribution in [3.05, 3.63) is 65.7 Å². The van der Waals surface area contributed by atoms with Crippen molar-refractivity contribution in [3.8, 4) is 5.75 Å². The lowest BCUT2D eigenvalue weighted by molar-refractivity contribution is 0.0865. The van der Waals surface area contributed by atoms with Crippen molar-refractivity contribution in [2.45, 2.75) is 19.4 Å². The molecule has 0 aromatic heterocycles. The highest BCUT2D eigenvalue weighted by atomic mass is 16.5. The molecule has 1 N–H and O–H groups in total. The molecule has 2 aromatic carbocycles. The van der Waals surface area contributed by atoms with Gasteiger partial charge in [-0.25, -0.2) is 0 Å². The molecule has 1 aliphatic rings. The van der Waals surface area contributed by atoms with Crippen LogP contribution in [-0.2, 0) is 0 Å². The summed E-state index contributed by atoms with van der Waals surface area (Å²) in [7, 11) is 2.18. The van der Waals surface area contributed by atoms with E-state index in [1.165, 1.54) is 5.56 Å². The Labute approximate surface area is 168 Å². The first-order valence-corrected chi connectivity index (χ1v) is 10.2. The van der Waals surface area contributed by atoms with Crippen molar-refractivity contribution in [2.75, 3.05) is 46.4 Å². The van der Waals surface area contributed by atoms with Crippen LogP contribution >= 0.6 is 0 Å². The quantitative estimate of drug-likeness (QED) is 0.714. The van der Waals surface area contributed by atoms with Crippen LogP contribution in [0.4, 0.5) is 0 Å². The highest BCUT2D eigenvalue weighted by Gasteiger charge is 2.26. The molecule has 0 unspecified atom stereocenters. The topological polar surface area (TPSA) is 44.8 Å². The van der Waals surface area contributed by atoms with Gasteiger partial charge in [0.05, 0.1) is 12.2 Å². The molecule has 150 valence electrons. The van der Waals surface area contributed by atoms with Crippen LogP contribution < -0.4 is 10.1 Å². The first-order chi connectivity index (χ1) is 13.7. The maximum absolute atomic E-state index is 12.5. The zero-order chi connectivity index (χ0) is 19.8. The molecular formula is C23H31N3O2. The van der Waals surface area contributed by atoms with Crippen molar-refractivity contribution in [1.82, 2.24) is 15.1 Å². The number of piperazine rings is 1. The summed E-state index contributed by atoms with van der Waals surface area (Å²) in [5.74, 6) is 0.577. The molecule has 0 spiro atoms.